The van der Waals surface area contributed by atoms with Crippen molar-refractivity contribution in [2.24, 2.45) is 5.73 Å². The summed E-state index contributed by atoms with van der Waals surface area (Å²) in [6.45, 7) is 0. The van der Waals surface area contributed by atoms with Crippen LogP contribution in [0, 0.1) is 0 Å². The summed E-state index contributed by atoms with van der Waals surface area (Å²) in [6, 6.07) is 6.58. The largest absolute Gasteiger partial charge is 0.480 e. The molecule has 0 bridgehead atoms. The third-order valence-corrected chi connectivity index (χ3v) is 2.10. The van der Waals surface area contributed by atoms with Gasteiger partial charge in [0.25, 0.3) is 0 Å². The second kappa shape index (κ2) is 4.62. The molecule has 0 saturated heterocycles. The molecule has 14 heavy (non-hydrogen) atoms. The van der Waals surface area contributed by atoms with E-state index in [0.29, 0.717) is 18.5 Å². The number of carboxylic acid groups (broad SMARTS) is 1. The van der Waals surface area contributed by atoms with Crippen LogP contribution in [0.5, 0.6) is 0 Å². The van der Waals surface area contributed by atoms with E-state index >= 15 is 0 Å². The average Bonchev–Trinajstić information content (AvgIpc) is 2.16. The normalized spacial score (nSPS) is 12.4. The summed E-state index contributed by atoms with van der Waals surface area (Å²) in [4.78, 5) is 10.4. The first-order chi connectivity index (χ1) is 6.61. The Kier molecular flexibility index (Phi) is 3.48. The third-order valence-electron chi connectivity index (χ3n) is 2.10. The summed E-state index contributed by atoms with van der Waals surface area (Å²) in [5, 5.41) is 8.57. The lowest BCUT2D eigenvalue weighted by atomic mass is 10.0. The summed E-state index contributed by atoms with van der Waals surface area (Å²) in [5.74, 6) is -0.973. The van der Waals surface area contributed by atoms with Crippen molar-refractivity contribution in [2.75, 3.05) is 5.73 Å². The van der Waals surface area contributed by atoms with Crippen LogP contribution >= 0.6 is 0 Å². The smallest absolute Gasteiger partial charge is 0.320 e. The fourth-order valence-corrected chi connectivity index (χ4v) is 1.20. The van der Waals surface area contributed by atoms with Gasteiger partial charge in [0.1, 0.15) is 6.04 Å². The van der Waals surface area contributed by atoms with Gasteiger partial charge in [0.05, 0.1) is 0 Å². The van der Waals surface area contributed by atoms with E-state index in [1.165, 1.54) is 0 Å². The van der Waals surface area contributed by atoms with E-state index in [2.05, 4.69) is 0 Å². The van der Waals surface area contributed by atoms with Crippen LogP contribution in [-0.2, 0) is 11.2 Å². The van der Waals surface area contributed by atoms with Gasteiger partial charge in [0, 0.05) is 5.69 Å². The molecule has 1 aromatic rings. The number of aliphatic carboxylic acids is 1. The summed E-state index contributed by atoms with van der Waals surface area (Å²) >= 11 is 0. The first-order valence-corrected chi connectivity index (χ1v) is 4.43. The Morgan fingerprint density at radius 3 is 2.64 bits per heavy atom. The molecule has 0 radical (unpaired) electrons. The lowest BCUT2D eigenvalue weighted by molar-refractivity contribution is -0.138. The maximum absolute atomic E-state index is 10.4. The molecule has 1 atom stereocenters. The number of para-hydroxylation sites is 1. The minimum absolute atomic E-state index is 0.406. The maximum atomic E-state index is 10.4. The number of anilines is 1. The van der Waals surface area contributed by atoms with Gasteiger partial charge in [-0.25, -0.2) is 0 Å². The van der Waals surface area contributed by atoms with Gasteiger partial charge in [-0.1, -0.05) is 18.2 Å². The number of rotatable bonds is 4. The molecule has 0 fully saturated rings. The van der Waals surface area contributed by atoms with E-state index in [0.717, 1.165) is 5.56 Å². The number of aryl methyl sites for hydroxylation is 1. The Morgan fingerprint density at radius 1 is 1.43 bits per heavy atom. The van der Waals surface area contributed by atoms with Crippen LogP contribution in [0.2, 0.25) is 0 Å². The van der Waals surface area contributed by atoms with Crippen molar-refractivity contribution in [1.29, 1.82) is 0 Å². The Labute approximate surface area is 82.5 Å². The van der Waals surface area contributed by atoms with Crippen LogP contribution in [0.4, 0.5) is 5.69 Å². The van der Waals surface area contributed by atoms with E-state index in [1.807, 2.05) is 18.2 Å². The second-order valence-electron chi connectivity index (χ2n) is 3.18. The standard InChI is InChI=1S/C10H14N2O2/c11-8-4-2-1-3-7(8)5-6-9(12)10(13)14/h1-4,9H,5-6,11-12H2,(H,13,14). The van der Waals surface area contributed by atoms with Crippen LogP contribution in [0.25, 0.3) is 0 Å². The number of hydrogen-bond donors (Lipinski definition) is 3. The summed E-state index contributed by atoms with van der Waals surface area (Å²) in [7, 11) is 0. The Bertz CT molecular complexity index is 326. The van der Waals surface area contributed by atoms with Crippen LogP contribution in [0.3, 0.4) is 0 Å². The highest BCUT2D eigenvalue weighted by Gasteiger charge is 2.11. The summed E-state index contributed by atoms with van der Waals surface area (Å²) in [5.41, 5.74) is 12.7. The van der Waals surface area contributed by atoms with E-state index in [4.69, 9.17) is 16.6 Å². The Morgan fingerprint density at radius 2 is 2.07 bits per heavy atom. The van der Waals surface area contributed by atoms with E-state index in [9.17, 15) is 4.79 Å². The molecule has 5 N–H and O–H groups in total. The number of benzene rings is 1. The average molecular weight is 194 g/mol. The van der Waals surface area contributed by atoms with Gasteiger partial charge in [0.15, 0.2) is 0 Å². The zero-order valence-electron chi connectivity index (χ0n) is 7.81. The number of hydrogen-bond acceptors (Lipinski definition) is 3. The van der Waals surface area contributed by atoms with Gasteiger partial charge >= 0.3 is 5.97 Å². The molecule has 0 spiro atoms. The number of carbonyl (C=O) groups is 1. The fraction of sp³-hybridized carbons (Fsp3) is 0.300. The minimum atomic E-state index is -0.973. The number of carboxylic acids is 1. The van der Waals surface area contributed by atoms with Gasteiger partial charge in [-0.15, -0.1) is 0 Å². The molecule has 1 unspecified atom stereocenters. The van der Waals surface area contributed by atoms with Crippen molar-refractivity contribution in [2.45, 2.75) is 18.9 Å². The summed E-state index contributed by atoms with van der Waals surface area (Å²) in [6.07, 6.45) is 1.00. The summed E-state index contributed by atoms with van der Waals surface area (Å²) < 4.78 is 0. The van der Waals surface area contributed by atoms with Gasteiger partial charge < -0.3 is 16.6 Å². The molecule has 1 rings (SSSR count). The highest BCUT2D eigenvalue weighted by molar-refractivity contribution is 5.73. The van der Waals surface area contributed by atoms with Crippen LogP contribution in [-0.4, -0.2) is 17.1 Å². The zero-order valence-corrected chi connectivity index (χ0v) is 7.81. The van der Waals surface area contributed by atoms with Gasteiger partial charge in [-0.3, -0.25) is 4.79 Å². The van der Waals surface area contributed by atoms with E-state index < -0.39 is 12.0 Å². The molecule has 0 amide bonds. The molecule has 0 aliphatic heterocycles. The van der Waals surface area contributed by atoms with Gasteiger partial charge in [-0.2, -0.15) is 0 Å². The predicted octanol–water partition coefficient (Wildman–Crippen LogP) is 0.613. The van der Waals surface area contributed by atoms with Crippen LogP contribution in [0.1, 0.15) is 12.0 Å². The molecule has 0 aliphatic carbocycles. The van der Waals surface area contributed by atoms with Crippen molar-refractivity contribution >= 4 is 11.7 Å². The number of nitrogen functional groups attached to an aromatic ring is 1. The molecule has 1 aromatic carbocycles. The second-order valence-corrected chi connectivity index (χ2v) is 3.18. The molecule has 76 valence electrons. The molecule has 0 aliphatic rings. The lowest BCUT2D eigenvalue weighted by Crippen LogP contribution is -2.30. The molecule has 4 heteroatoms. The topological polar surface area (TPSA) is 89.3 Å². The minimum Gasteiger partial charge on any atom is -0.480 e. The molecule has 4 nitrogen and oxygen atoms in total. The monoisotopic (exact) mass is 194 g/mol. The van der Waals surface area contributed by atoms with Crippen LogP contribution < -0.4 is 11.5 Å². The predicted molar refractivity (Wildman–Crippen MR) is 54.8 cm³/mol. The molecule has 0 saturated carbocycles. The van der Waals surface area contributed by atoms with E-state index in [1.54, 1.807) is 6.07 Å². The fourth-order valence-electron chi connectivity index (χ4n) is 1.20. The SMILES string of the molecule is Nc1ccccc1CCC(N)C(=O)O. The first kappa shape index (κ1) is 10.5. The third kappa shape index (κ3) is 2.74. The van der Waals surface area contributed by atoms with Crippen molar-refractivity contribution in [3.63, 3.8) is 0 Å². The van der Waals surface area contributed by atoms with Crippen LogP contribution in [0.15, 0.2) is 24.3 Å². The van der Waals surface area contributed by atoms with Gasteiger partial charge in [-0.05, 0) is 24.5 Å². The zero-order chi connectivity index (χ0) is 10.6. The molecule has 0 aromatic heterocycles. The highest BCUT2D eigenvalue weighted by Crippen LogP contribution is 2.13. The first-order valence-electron chi connectivity index (χ1n) is 4.43. The lowest BCUT2D eigenvalue weighted by Gasteiger charge is -2.07. The molecular weight excluding hydrogens is 180 g/mol. The highest BCUT2D eigenvalue weighted by atomic mass is 16.4. The van der Waals surface area contributed by atoms with Crippen molar-refractivity contribution in [1.82, 2.24) is 0 Å². The Hall–Kier alpha value is -1.55. The van der Waals surface area contributed by atoms with Crippen molar-refractivity contribution in [3.8, 4) is 0 Å². The molecule has 0 heterocycles. The number of nitrogens with two attached hydrogens (primary N) is 2. The van der Waals surface area contributed by atoms with Gasteiger partial charge in [0.2, 0.25) is 0 Å². The molecular formula is C10H14N2O2. The van der Waals surface area contributed by atoms with E-state index in [-0.39, 0.29) is 0 Å². The Balaban J connectivity index is 2.54. The van der Waals surface area contributed by atoms with Crippen molar-refractivity contribution < 1.29 is 9.90 Å². The maximum Gasteiger partial charge on any atom is 0.320 e. The quantitative estimate of drug-likeness (QED) is 0.613. The van der Waals surface area contributed by atoms with Crippen molar-refractivity contribution in [3.05, 3.63) is 29.8 Å².